The Morgan fingerprint density at radius 2 is 1.86 bits per heavy atom. The number of hydrogen-bond acceptors (Lipinski definition) is 5. The zero-order chi connectivity index (χ0) is 14.7. The third-order valence-corrected chi connectivity index (χ3v) is 4.52. The quantitative estimate of drug-likeness (QED) is 0.863. The largest absolute Gasteiger partial charge is 0.380 e. The van der Waals surface area contributed by atoms with Gasteiger partial charge in [-0.25, -0.2) is 9.97 Å². The van der Waals surface area contributed by atoms with E-state index in [0.29, 0.717) is 12.8 Å². The summed E-state index contributed by atoms with van der Waals surface area (Å²) in [4.78, 5) is 22.8. The molecule has 0 spiro atoms. The molecule has 2 heterocycles. The summed E-state index contributed by atoms with van der Waals surface area (Å²) in [5.41, 5.74) is -1.13. The van der Waals surface area contributed by atoms with Crippen molar-refractivity contribution in [1.82, 2.24) is 15.3 Å². The average molecular weight is 290 g/mol. The maximum Gasteiger partial charge on any atom is 0.252 e. The van der Waals surface area contributed by atoms with E-state index in [1.54, 1.807) is 18.5 Å². The number of hydrogen-bond donors (Lipinski definition) is 2. The first-order chi connectivity index (χ1) is 10.2. The number of carbonyl (C=O) groups is 1. The Hall–Kier alpha value is -1.69. The Morgan fingerprint density at radius 1 is 1.24 bits per heavy atom. The highest BCUT2D eigenvalue weighted by atomic mass is 16.3. The molecule has 1 aliphatic carbocycles. The molecule has 1 saturated carbocycles. The van der Waals surface area contributed by atoms with Gasteiger partial charge in [-0.1, -0.05) is 0 Å². The van der Waals surface area contributed by atoms with Gasteiger partial charge in [-0.2, -0.15) is 0 Å². The molecule has 114 valence electrons. The van der Waals surface area contributed by atoms with Crippen LogP contribution < -0.4 is 10.2 Å². The first-order valence-electron chi connectivity index (χ1n) is 7.73. The molecule has 21 heavy (non-hydrogen) atoms. The summed E-state index contributed by atoms with van der Waals surface area (Å²) >= 11 is 0. The van der Waals surface area contributed by atoms with E-state index in [1.165, 1.54) is 0 Å². The Balaban J connectivity index is 1.51. The van der Waals surface area contributed by atoms with Crippen LogP contribution in [-0.4, -0.2) is 45.7 Å². The lowest BCUT2D eigenvalue weighted by atomic mass is 9.99. The molecule has 0 radical (unpaired) electrons. The average Bonchev–Trinajstić information content (AvgIpc) is 2.97. The maximum absolute atomic E-state index is 12.2. The summed E-state index contributed by atoms with van der Waals surface area (Å²) < 4.78 is 0. The highest BCUT2D eigenvalue weighted by Gasteiger charge is 2.39. The van der Waals surface area contributed by atoms with Crippen LogP contribution in [0.25, 0.3) is 0 Å². The number of carbonyl (C=O) groups excluding carboxylic acids is 1. The Labute approximate surface area is 124 Å². The molecular weight excluding hydrogens is 268 g/mol. The molecule has 3 rings (SSSR count). The van der Waals surface area contributed by atoms with E-state index in [4.69, 9.17) is 0 Å². The number of aliphatic hydroxyl groups is 1. The molecule has 6 heteroatoms. The van der Waals surface area contributed by atoms with Gasteiger partial charge in [0, 0.05) is 31.5 Å². The van der Waals surface area contributed by atoms with Gasteiger partial charge in [0.1, 0.15) is 5.60 Å². The minimum absolute atomic E-state index is 0.141. The van der Waals surface area contributed by atoms with Crippen molar-refractivity contribution in [3.8, 4) is 0 Å². The zero-order valence-corrected chi connectivity index (χ0v) is 12.2. The molecule has 1 amide bonds. The van der Waals surface area contributed by atoms with Crippen molar-refractivity contribution in [2.75, 3.05) is 18.0 Å². The number of anilines is 1. The summed E-state index contributed by atoms with van der Waals surface area (Å²) in [6.07, 6.45) is 8.27. The number of rotatable bonds is 3. The molecule has 1 aromatic heterocycles. The van der Waals surface area contributed by atoms with Gasteiger partial charge in [0.05, 0.1) is 0 Å². The van der Waals surface area contributed by atoms with Crippen molar-refractivity contribution in [1.29, 1.82) is 0 Å². The van der Waals surface area contributed by atoms with Crippen molar-refractivity contribution in [3.05, 3.63) is 18.5 Å². The fourth-order valence-electron chi connectivity index (χ4n) is 3.19. The number of nitrogens with zero attached hydrogens (tertiary/aromatic N) is 3. The molecule has 2 N–H and O–H groups in total. The third-order valence-electron chi connectivity index (χ3n) is 4.52. The highest BCUT2D eigenvalue weighted by molar-refractivity contribution is 5.85. The topological polar surface area (TPSA) is 78.4 Å². The number of piperidine rings is 1. The van der Waals surface area contributed by atoms with Gasteiger partial charge in [0.25, 0.3) is 5.91 Å². The molecule has 1 aromatic rings. The van der Waals surface area contributed by atoms with Gasteiger partial charge in [-0.05, 0) is 44.6 Å². The van der Waals surface area contributed by atoms with Crippen LogP contribution >= 0.6 is 0 Å². The van der Waals surface area contributed by atoms with Crippen LogP contribution in [0.2, 0.25) is 0 Å². The van der Waals surface area contributed by atoms with Gasteiger partial charge in [-0.3, -0.25) is 4.79 Å². The van der Waals surface area contributed by atoms with E-state index < -0.39 is 5.60 Å². The lowest BCUT2D eigenvalue weighted by Crippen LogP contribution is -2.52. The summed E-state index contributed by atoms with van der Waals surface area (Å²) in [5, 5.41) is 13.3. The van der Waals surface area contributed by atoms with Gasteiger partial charge >= 0.3 is 0 Å². The van der Waals surface area contributed by atoms with Gasteiger partial charge < -0.3 is 15.3 Å². The predicted octanol–water partition coefficient (Wildman–Crippen LogP) is 0.867. The second kappa shape index (κ2) is 5.97. The van der Waals surface area contributed by atoms with Gasteiger partial charge in [0.2, 0.25) is 5.95 Å². The molecule has 1 saturated heterocycles. The maximum atomic E-state index is 12.2. The number of nitrogens with one attached hydrogen (secondary N) is 1. The Morgan fingerprint density at radius 3 is 2.48 bits per heavy atom. The fourth-order valence-corrected chi connectivity index (χ4v) is 3.19. The zero-order valence-electron chi connectivity index (χ0n) is 12.2. The smallest absolute Gasteiger partial charge is 0.252 e. The van der Waals surface area contributed by atoms with Crippen molar-refractivity contribution < 1.29 is 9.90 Å². The van der Waals surface area contributed by atoms with E-state index >= 15 is 0 Å². The van der Waals surface area contributed by atoms with Crippen molar-refractivity contribution in [2.45, 2.75) is 50.2 Å². The summed E-state index contributed by atoms with van der Waals surface area (Å²) in [7, 11) is 0. The molecule has 6 nitrogen and oxygen atoms in total. The lowest BCUT2D eigenvalue weighted by molar-refractivity contribution is -0.140. The summed E-state index contributed by atoms with van der Waals surface area (Å²) in [6, 6.07) is 1.95. The molecule has 0 bridgehead atoms. The van der Waals surface area contributed by atoms with Gasteiger partial charge in [-0.15, -0.1) is 0 Å². The first-order valence-corrected chi connectivity index (χ1v) is 7.73. The SMILES string of the molecule is O=C(NC1CCN(c2ncccn2)CC1)C1(O)CCCC1. The van der Waals surface area contributed by atoms with E-state index in [0.717, 1.165) is 44.7 Å². The van der Waals surface area contributed by atoms with Crippen LogP contribution in [-0.2, 0) is 4.79 Å². The van der Waals surface area contributed by atoms with Crippen molar-refractivity contribution in [2.24, 2.45) is 0 Å². The molecule has 0 aromatic carbocycles. The Kier molecular flexibility index (Phi) is 4.05. The van der Waals surface area contributed by atoms with Crippen LogP contribution in [0.1, 0.15) is 38.5 Å². The second-order valence-corrected chi connectivity index (χ2v) is 6.02. The first kappa shape index (κ1) is 14.3. The summed E-state index contributed by atoms with van der Waals surface area (Å²) in [6.45, 7) is 1.65. The molecule has 0 unspecified atom stereocenters. The van der Waals surface area contributed by atoms with Crippen LogP contribution in [0.5, 0.6) is 0 Å². The van der Waals surface area contributed by atoms with E-state index in [2.05, 4.69) is 20.2 Å². The van der Waals surface area contributed by atoms with E-state index in [-0.39, 0.29) is 11.9 Å². The number of amides is 1. The van der Waals surface area contributed by atoms with E-state index in [1.807, 2.05) is 0 Å². The molecule has 1 aliphatic heterocycles. The monoisotopic (exact) mass is 290 g/mol. The van der Waals surface area contributed by atoms with Crippen LogP contribution in [0.15, 0.2) is 18.5 Å². The molecule has 2 fully saturated rings. The fraction of sp³-hybridized carbons (Fsp3) is 0.667. The third kappa shape index (κ3) is 3.15. The molecule has 0 atom stereocenters. The van der Waals surface area contributed by atoms with Crippen LogP contribution in [0.3, 0.4) is 0 Å². The van der Waals surface area contributed by atoms with E-state index in [9.17, 15) is 9.90 Å². The summed E-state index contributed by atoms with van der Waals surface area (Å²) in [5.74, 6) is 0.561. The van der Waals surface area contributed by atoms with Crippen molar-refractivity contribution in [3.63, 3.8) is 0 Å². The van der Waals surface area contributed by atoms with Crippen molar-refractivity contribution >= 4 is 11.9 Å². The predicted molar refractivity (Wildman–Crippen MR) is 78.8 cm³/mol. The second-order valence-electron chi connectivity index (χ2n) is 6.02. The van der Waals surface area contributed by atoms with Crippen LogP contribution in [0, 0.1) is 0 Å². The Bertz CT molecular complexity index is 480. The highest BCUT2D eigenvalue weighted by Crippen LogP contribution is 2.30. The minimum atomic E-state index is -1.13. The van der Waals surface area contributed by atoms with Crippen LogP contribution in [0.4, 0.5) is 5.95 Å². The molecule has 2 aliphatic rings. The number of aromatic nitrogens is 2. The standard InChI is InChI=1S/C15H22N4O2/c20-13(15(21)6-1-2-7-15)18-12-4-10-19(11-5-12)14-16-8-3-9-17-14/h3,8-9,12,21H,1-2,4-7,10-11H2,(H,18,20). The minimum Gasteiger partial charge on any atom is -0.380 e. The van der Waals surface area contributed by atoms with Gasteiger partial charge in [0.15, 0.2) is 0 Å². The molecular formula is C15H22N4O2. The lowest BCUT2D eigenvalue weighted by Gasteiger charge is -2.33. The normalized spacial score (nSPS) is 22.2.